The predicted molar refractivity (Wildman–Crippen MR) is 62.1 cm³/mol. The number of nitrogens with zero attached hydrogens (tertiary/aromatic N) is 3. The summed E-state index contributed by atoms with van der Waals surface area (Å²) in [6.45, 7) is 4.86. The fraction of sp³-hybridized carbons (Fsp3) is 0.600. The molecular formula is C10H14BrN3O2. The van der Waals surface area contributed by atoms with Gasteiger partial charge in [-0.1, -0.05) is 0 Å². The van der Waals surface area contributed by atoms with Crippen LogP contribution in [-0.2, 0) is 16.1 Å². The third-order valence-electron chi connectivity index (χ3n) is 2.69. The number of halogens is 1. The molecule has 0 spiro atoms. The first-order valence-electron chi connectivity index (χ1n) is 5.22. The lowest BCUT2D eigenvalue weighted by Crippen LogP contribution is -2.42. The van der Waals surface area contributed by atoms with Gasteiger partial charge in [-0.05, 0) is 22.9 Å². The number of carbonyl (C=O) groups is 1. The molecule has 1 saturated heterocycles. The van der Waals surface area contributed by atoms with Crippen molar-refractivity contribution in [1.82, 2.24) is 14.7 Å². The van der Waals surface area contributed by atoms with Gasteiger partial charge in [0.05, 0.1) is 29.6 Å². The van der Waals surface area contributed by atoms with Crippen molar-refractivity contribution in [3.63, 3.8) is 0 Å². The third-order valence-corrected chi connectivity index (χ3v) is 3.47. The summed E-state index contributed by atoms with van der Waals surface area (Å²) in [5.41, 5.74) is 0.974. The molecule has 5 nitrogen and oxygen atoms in total. The van der Waals surface area contributed by atoms with Crippen LogP contribution in [0, 0.1) is 6.92 Å². The maximum Gasteiger partial charge on any atom is 0.244 e. The van der Waals surface area contributed by atoms with Gasteiger partial charge in [-0.25, -0.2) is 0 Å². The van der Waals surface area contributed by atoms with Crippen molar-refractivity contribution in [1.29, 1.82) is 0 Å². The van der Waals surface area contributed by atoms with E-state index in [9.17, 15) is 4.79 Å². The van der Waals surface area contributed by atoms with Gasteiger partial charge in [-0.3, -0.25) is 9.48 Å². The van der Waals surface area contributed by atoms with Crippen molar-refractivity contribution < 1.29 is 9.53 Å². The van der Waals surface area contributed by atoms with Crippen molar-refractivity contribution in [3.8, 4) is 0 Å². The van der Waals surface area contributed by atoms with Crippen molar-refractivity contribution in [3.05, 3.63) is 16.4 Å². The molecule has 0 aromatic carbocycles. The molecule has 0 radical (unpaired) electrons. The van der Waals surface area contributed by atoms with Gasteiger partial charge in [0.25, 0.3) is 0 Å². The number of aromatic nitrogens is 2. The molecule has 16 heavy (non-hydrogen) atoms. The Hall–Kier alpha value is -0.880. The predicted octanol–water partition coefficient (Wildman–Crippen LogP) is 0.813. The topological polar surface area (TPSA) is 47.4 Å². The Kier molecular flexibility index (Phi) is 3.60. The highest BCUT2D eigenvalue weighted by molar-refractivity contribution is 9.10. The highest BCUT2D eigenvalue weighted by atomic mass is 79.9. The molecule has 1 amide bonds. The molecule has 0 bridgehead atoms. The standard InChI is InChI=1S/C10H14BrN3O2/c1-8-9(11)6-12-14(8)7-10(15)13-2-4-16-5-3-13/h6H,2-5,7H2,1H3. The lowest BCUT2D eigenvalue weighted by Gasteiger charge is -2.26. The minimum absolute atomic E-state index is 0.0991. The summed E-state index contributed by atoms with van der Waals surface area (Å²) in [4.78, 5) is 13.7. The van der Waals surface area contributed by atoms with E-state index in [1.165, 1.54) is 0 Å². The average Bonchev–Trinajstić information content (AvgIpc) is 2.62. The second-order valence-electron chi connectivity index (χ2n) is 3.73. The van der Waals surface area contributed by atoms with Crippen LogP contribution in [-0.4, -0.2) is 46.9 Å². The molecule has 0 unspecified atom stereocenters. The van der Waals surface area contributed by atoms with E-state index < -0.39 is 0 Å². The van der Waals surface area contributed by atoms with E-state index >= 15 is 0 Å². The normalized spacial score (nSPS) is 16.5. The first-order chi connectivity index (χ1) is 7.68. The Morgan fingerprint density at radius 3 is 2.81 bits per heavy atom. The zero-order valence-electron chi connectivity index (χ0n) is 9.15. The SMILES string of the molecule is Cc1c(Br)cnn1CC(=O)N1CCOCC1. The Bertz CT molecular complexity index is 385. The van der Waals surface area contributed by atoms with Crippen LogP contribution in [0.15, 0.2) is 10.7 Å². The van der Waals surface area contributed by atoms with Crippen molar-refractivity contribution in [2.24, 2.45) is 0 Å². The number of carbonyl (C=O) groups excluding carboxylic acids is 1. The molecule has 6 heteroatoms. The second-order valence-corrected chi connectivity index (χ2v) is 4.58. The number of morpholine rings is 1. The third kappa shape index (κ3) is 2.44. The van der Waals surface area contributed by atoms with Crippen LogP contribution in [0.25, 0.3) is 0 Å². The highest BCUT2D eigenvalue weighted by Crippen LogP contribution is 2.14. The molecule has 2 heterocycles. The monoisotopic (exact) mass is 287 g/mol. The maximum absolute atomic E-state index is 11.9. The summed E-state index contributed by atoms with van der Waals surface area (Å²) in [6.07, 6.45) is 1.71. The molecule has 1 fully saturated rings. The van der Waals surface area contributed by atoms with Crippen molar-refractivity contribution >= 4 is 21.8 Å². The number of amides is 1. The number of hydrogen-bond donors (Lipinski definition) is 0. The zero-order chi connectivity index (χ0) is 11.5. The molecule has 0 saturated carbocycles. The smallest absolute Gasteiger partial charge is 0.244 e. The number of hydrogen-bond acceptors (Lipinski definition) is 3. The van der Waals surface area contributed by atoms with Crippen LogP contribution in [0.1, 0.15) is 5.69 Å². The molecule has 0 N–H and O–H groups in total. The van der Waals surface area contributed by atoms with Crippen LogP contribution in [0.2, 0.25) is 0 Å². The largest absolute Gasteiger partial charge is 0.378 e. The van der Waals surface area contributed by atoms with Gasteiger partial charge in [0.2, 0.25) is 5.91 Å². The lowest BCUT2D eigenvalue weighted by atomic mass is 10.4. The fourth-order valence-corrected chi connectivity index (χ4v) is 1.92. The van der Waals surface area contributed by atoms with Gasteiger partial charge in [0.15, 0.2) is 0 Å². The molecular weight excluding hydrogens is 274 g/mol. The van der Waals surface area contributed by atoms with Gasteiger partial charge in [0, 0.05) is 13.1 Å². The van der Waals surface area contributed by atoms with E-state index in [0.717, 1.165) is 10.2 Å². The minimum Gasteiger partial charge on any atom is -0.378 e. The van der Waals surface area contributed by atoms with Crippen LogP contribution >= 0.6 is 15.9 Å². The second kappa shape index (κ2) is 4.97. The molecule has 0 aliphatic carbocycles. The van der Waals surface area contributed by atoms with Crippen LogP contribution in [0.4, 0.5) is 0 Å². The molecule has 1 aromatic rings. The van der Waals surface area contributed by atoms with E-state index in [1.54, 1.807) is 10.9 Å². The van der Waals surface area contributed by atoms with Crippen LogP contribution < -0.4 is 0 Å². The number of rotatable bonds is 2. The van der Waals surface area contributed by atoms with Crippen molar-refractivity contribution in [2.45, 2.75) is 13.5 Å². The van der Waals surface area contributed by atoms with Crippen LogP contribution in [0.3, 0.4) is 0 Å². The summed E-state index contributed by atoms with van der Waals surface area (Å²) in [5, 5.41) is 4.14. The lowest BCUT2D eigenvalue weighted by molar-refractivity contribution is -0.136. The summed E-state index contributed by atoms with van der Waals surface area (Å²) < 4.78 is 7.85. The zero-order valence-corrected chi connectivity index (χ0v) is 10.7. The number of ether oxygens (including phenoxy) is 1. The van der Waals surface area contributed by atoms with Crippen LogP contribution in [0.5, 0.6) is 0 Å². The van der Waals surface area contributed by atoms with E-state index in [4.69, 9.17) is 4.74 Å². The molecule has 0 atom stereocenters. The average molecular weight is 288 g/mol. The van der Waals surface area contributed by atoms with Gasteiger partial charge < -0.3 is 9.64 Å². The fourth-order valence-electron chi connectivity index (χ4n) is 1.62. The van der Waals surface area contributed by atoms with Crippen molar-refractivity contribution in [2.75, 3.05) is 26.3 Å². The van der Waals surface area contributed by atoms with Gasteiger partial charge >= 0.3 is 0 Å². The Morgan fingerprint density at radius 2 is 2.25 bits per heavy atom. The minimum atomic E-state index is 0.0991. The summed E-state index contributed by atoms with van der Waals surface area (Å²) in [6, 6.07) is 0. The highest BCUT2D eigenvalue weighted by Gasteiger charge is 2.18. The molecule has 88 valence electrons. The van der Waals surface area contributed by atoms with E-state index in [1.807, 2.05) is 11.8 Å². The molecule has 1 aliphatic rings. The van der Waals surface area contributed by atoms with Gasteiger partial charge in [-0.15, -0.1) is 0 Å². The first-order valence-corrected chi connectivity index (χ1v) is 6.01. The van der Waals surface area contributed by atoms with E-state index in [2.05, 4.69) is 21.0 Å². The summed E-state index contributed by atoms with van der Waals surface area (Å²) in [7, 11) is 0. The van der Waals surface area contributed by atoms with E-state index in [0.29, 0.717) is 32.8 Å². The quantitative estimate of drug-likeness (QED) is 0.809. The first kappa shape index (κ1) is 11.6. The Balaban J connectivity index is 1.98. The summed E-state index contributed by atoms with van der Waals surface area (Å²) >= 11 is 3.37. The summed E-state index contributed by atoms with van der Waals surface area (Å²) in [5.74, 6) is 0.0991. The molecule has 2 rings (SSSR count). The van der Waals surface area contributed by atoms with Gasteiger partial charge in [-0.2, -0.15) is 5.10 Å². The van der Waals surface area contributed by atoms with Gasteiger partial charge in [0.1, 0.15) is 6.54 Å². The Labute approximate surface area is 102 Å². The maximum atomic E-state index is 11.9. The molecule has 1 aromatic heterocycles. The van der Waals surface area contributed by atoms with E-state index in [-0.39, 0.29) is 5.91 Å². The molecule has 1 aliphatic heterocycles. The Morgan fingerprint density at radius 1 is 1.56 bits per heavy atom.